The molecule has 1 heterocycles. The Morgan fingerprint density at radius 3 is 2.38 bits per heavy atom. The summed E-state index contributed by atoms with van der Waals surface area (Å²) < 4.78 is 0. The number of hydrogen-bond donors (Lipinski definition) is 1. The number of nitrogens with zero attached hydrogens (tertiary/aromatic N) is 1. The van der Waals surface area contributed by atoms with Gasteiger partial charge in [0.05, 0.1) is 6.04 Å². The van der Waals surface area contributed by atoms with Gasteiger partial charge in [-0.3, -0.25) is 9.59 Å². The van der Waals surface area contributed by atoms with Gasteiger partial charge in [-0.15, -0.1) is 0 Å². The lowest BCUT2D eigenvalue weighted by atomic mass is 9.47. The molecule has 4 aliphatic rings. The number of benzene rings is 2. The third kappa shape index (κ3) is 4.52. The first kappa shape index (κ1) is 26.6. The van der Waals surface area contributed by atoms with E-state index in [1.165, 1.54) is 36.0 Å². The average molecular weight is 527 g/mol. The molecule has 2 aromatic rings. The van der Waals surface area contributed by atoms with Crippen molar-refractivity contribution >= 4 is 11.8 Å². The molecule has 0 bridgehead atoms. The van der Waals surface area contributed by atoms with Gasteiger partial charge in [0.25, 0.3) is 0 Å². The third-order valence-electron chi connectivity index (χ3n) is 12.0. The molecule has 6 rings (SSSR count). The zero-order valence-electron chi connectivity index (χ0n) is 24.3. The number of rotatable bonds is 5. The first-order chi connectivity index (χ1) is 18.7. The minimum absolute atomic E-state index is 0.0231. The summed E-state index contributed by atoms with van der Waals surface area (Å²) in [5.41, 5.74) is 3.98. The van der Waals surface area contributed by atoms with E-state index >= 15 is 0 Å². The molecule has 1 unspecified atom stereocenters. The smallest absolute Gasteiger partial charge is 0.224 e. The Hall–Kier alpha value is -2.62. The van der Waals surface area contributed by atoms with Crippen molar-refractivity contribution in [2.45, 2.75) is 90.6 Å². The Kier molecular flexibility index (Phi) is 6.88. The second kappa shape index (κ2) is 10.1. The second-order valence-electron chi connectivity index (χ2n) is 13.8. The molecule has 1 saturated heterocycles. The Morgan fingerprint density at radius 1 is 0.923 bits per heavy atom. The van der Waals surface area contributed by atoms with Crippen LogP contribution in [0.25, 0.3) is 0 Å². The molecule has 39 heavy (non-hydrogen) atoms. The summed E-state index contributed by atoms with van der Waals surface area (Å²) in [5.74, 6) is 2.62. The van der Waals surface area contributed by atoms with Gasteiger partial charge in [0.2, 0.25) is 11.8 Å². The molecule has 0 aromatic heterocycles. The fourth-order valence-electron chi connectivity index (χ4n) is 9.75. The molecule has 0 spiro atoms. The Balaban J connectivity index is 1.21. The van der Waals surface area contributed by atoms with E-state index in [-0.39, 0.29) is 28.7 Å². The summed E-state index contributed by atoms with van der Waals surface area (Å²) in [6, 6.07) is 19.6. The van der Waals surface area contributed by atoms with Crippen molar-refractivity contribution < 1.29 is 9.59 Å². The number of nitrogens with one attached hydrogen (secondary N) is 1. The number of carbonyl (C=O) groups is 2. The maximum absolute atomic E-state index is 14.1. The molecule has 0 radical (unpaired) electrons. The van der Waals surface area contributed by atoms with Crippen LogP contribution in [0, 0.1) is 41.4 Å². The summed E-state index contributed by atoms with van der Waals surface area (Å²) in [4.78, 5) is 28.7. The van der Waals surface area contributed by atoms with Crippen molar-refractivity contribution in [3.05, 3.63) is 71.3 Å². The number of carbonyl (C=O) groups excluding carboxylic acids is 2. The second-order valence-corrected chi connectivity index (χ2v) is 13.8. The van der Waals surface area contributed by atoms with Crippen LogP contribution in [0.2, 0.25) is 0 Å². The number of hydrogen-bond acceptors (Lipinski definition) is 2. The van der Waals surface area contributed by atoms with Crippen molar-refractivity contribution in [3.63, 3.8) is 0 Å². The molecule has 208 valence electrons. The highest BCUT2D eigenvalue weighted by Gasteiger charge is 2.62. The minimum atomic E-state index is -0.0231. The van der Waals surface area contributed by atoms with Crippen molar-refractivity contribution in [2.24, 2.45) is 34.5 Å². The highest BCUT2D eigenvalue weighted by molar-refractivity contribution is 5.80. The molecule has 4 nitrogen and oxygen atoms in total. The fraction of sp³-hybridized carbons (Fsp3) is 0.600. The summed E-state index contributed by atoms with van der Waals surface area (Å²) >= 11 is 0. The fourth-order valence-corrected chi connectivity index (χ4v) is 9.75. The highest BCUT2D eigenvalue weighted by atomic mass is 16.2. The van der Waals surface area contributed by atoms with Crippen LogP contribution in [0.4, 0.5) is 0 Å². The maximum Gasteiger partial charge on any atom is 0.224 e. The van der Waals surface area contributed by atoms with E-state index in [9.17, 15) is 9.59 Å². The van der Waals surface area contributed by atoms with E-state index in [2.05, 4.69) is 79.5 Å². The zero-order valence-corrected chi connectivity index (χ0v) is 24.3. The van der Waals surface area contributed by atoms with Crippen LogP contribution in [0.5, 0.6) is 0 Å². The highest BCUT2D eigenvalue weighted by Crippen LogP contribution is 2.66. The summed E-state index contributed by atoms with van der Waals surface area (Å²) in [7, 11) is 2.04. The molecule has 1 aliphatic heterocycles. The predicted octanol–water partition coefficient (Wildman–Crippen LogP) is 6.87. The standard InChI is InChI=1S/C35H46N2O2/c1-23-10-12-24(13-11-23)22-30(25-8-6-5-7-9-25)36-33(39)29-16-15-27-26-14-17-31-35(3,21-19-32(38)37(31)4)28(26)18-20-34(27,29)2/h5-13,26-31H,14-22H2,1-4H3,(H,36,39)/t26-,27-,28-,29+,30?,31+,34-,35+/m0/s1. The van der Waals surface area contributed by atoms with Crippen molar-refractivity contribution in [2.75, 3.05) is 7.05 Å². The molecular formula is C35H46N2O2. The van der Waals surface area contributed by atoms with Gasteiger partial charge in [-0.25, -0.2) is 0 Å². The van der Waals surface area contributed by atoms with E-state index < -0.39 is 0 Å². The van der Waals surface area contributed by atoms with Crippen LogP contribution in [0.1, 0.15) is 87.9 Å². The number of likely N-dealkylation sites (tertiary alicyclic amines) is 1. The molecule has 8 atom stereocenters. The first-order valence-electron chi connectivity index (χ1n) is 15.4. The predicted molar refractivity (Wildman–Crippen MR) is 156 cm³/mol. The van der Waals surface area contributed by atoms with E-state index in [0.717, 1.165) is 32.1 Å². The minimum Gasteiger partial charge on any atom is -0.349 e. The number of amides is 2. The molecule has 4 fully saturated rings. The van der Waals surface area contributed by atoms with E-state index in [1.54, 1.807) is 0 Å². The van der Waals surface area contributed by atoms with Gasteiger partial charge in [0.15, 0.2) is 0 Å². The summed E-state index contributed by atoms with van der Waals surface area (Å²) in [6.07, 6.45) is 9.36. The van der Waals surface area contributed by atoms with E-state index in [0.29, 0.717) is 36.1 Å². The Bertz CT molecular complexity index is 1210. The van der Waals surface area contributed by atoms with Gasteiger partial charge in [0.1, 0.15) is 0 Å². The molecule has 4 heteroatoms. The van der Waals surface area contributed by atoms with Crippen LogP contribution in [-0.2, 0) is 16.0 Å². The SMILES string of the molecule is Cc1ccc(CC(NC(=O)[C@H]2CC[C@H]3[C@@H]4CC[C@H]5N(C)C(=O)CC[C@]5(C)[C@H]4CC[C@]23C)c2ccccc2)cc1. The average Bonchev–Trinajstić information content (AvgIpc) is 3.30. The molecule has 2 amide bonds. The Morgan fingerprint density at radius 2 is 1.64 bits per heavy atom. The third-order valence-corrected chi connectivity index (χ3v) is 12.0. The van der Waals surface area contributed by atoms with Gasteiger partial charge >= 0.3 is 0 Å². The maximum atomic E-state index is 14.1. The largest absolute Gasteiger partial charge is 0.349 e. The summed E-state index contributed by atoms with van der Waals surface area (Å²) in [5, 5.41) is 3.55. The van der Waals surface area contributed by atoms with Crippen LogP contribution in [0.3, 0.4) is 0 Å². The zero-order chi connectivity index (χ0) is 27.4. The van der Waals surface area contributed by atoms with Gasteiger partial charge in [0, 0.05) is 25.4 Å². The number of fused-ring (bicyclic) bond motifs is 5. The van der Waals surface area contributed by atoms with E-state index in [1.807, 2.05) is 13.1 Å². The van der Waals surface area contributed by atoms with Crippen LogP contribution < -0.4 is 5.32 Å². The normalized spacial score (nSPS) is 36.5. The lowest BCUT2D eigenvalue weighted by Crippen LogP contribution is -2.61. The monoisotopic (exact) mass is 526 g/mol. The number of piperidine rings is 1. The first-order valence-corrected chi connectivity index (χ1v) is 15.4. The number of aryl methyl sites for hydroxylation is 1. The van der Waals surface area contributed by atoms with Crippen molar-refractivity contribution in [1.29, 1.82) is 0 Å². The van der Waals surface area contributed by atoms with E-state index in [4.69, 9.17) is 0 Å². The van der Waals surface area contributed by atoms with Crippen molar-refractivity contribution in [1.82, 2.24) is 10.2 Å². The molecular weight excluding hydrogens is 480 g/mol. The van der Waals surface area contributed by atoms with Crippen molar-refractivity contribution in [3.8, 4) is 0 Å². The van der Waals surface area contributed by atoms with Crippen LogP contribution in [0.15, 0.2) is 54.6 Å². The topological polar surface area (TPSA) is 49.4 Å². The van der Waals surface area contributed by atoms with Gasteiger partial charge in [-0.05, 0) is 98.0 Å². The quantitative estimate of drug-likeness (QED) is 0.462. The van der Waals surface area contributed by atoms with Crippen LogP contribution >= 0.6 is 0 Å². The summed E-state index contributed by atoms with van der Waals surface area (Å²) in [6.45, 7) is 7.04. The van der Waals surface area contributed by atoms with Crippen LogP contribution in [-0.4, -0.2) is 29.8 Å². The molecule has 2 aromatic carbocycles. The molecule has 3 saturated carbocycles. The lowest BCUT2D eigenvalue weighted by molar-refractivity contribution is -0.159. The lowest BCUT2D eigenvalue weighted by Gasteiger charge is -2.61. The molecule has 3 aliphatic carbocycles. The van der Waals surface area contributed by atoms with Gasteiger partial charge in [-0.1, -0.05) is 74.0 Å². The molecule has 1 N–H and O–H groups in total. The van der Waals surface area contributed by atoms with Gasteiger partial charge < -0.3 is 10.2 Å². The van der Waals surface area contributed by atoms with Gasteiger partial charge in [-0.2, -0.15) is 0 Å². The Labute approximate surface area is 234 Å².